The van der Waals surface area contributed by atoms with E-state index in [1.807, 2.05) is 0 Å². The van der Waals surface area contributed by atoms with Crippen LogP contribution in [0.5, 0.6) is 0 Å². The minimum Gasteiger partial charge on any atom is -0.333 e. The van der Waals surface area contributed by atoms with Crippen LogP contribution in [0.3, 0.4) is 0 Å². The molecule has 0 aliphatic carbocycles. The Labute approximate surface area is 110 Å². The van der Waals surface area contributed by atoms with Crippen molar-refractivity contribution in [1.82, 2.24) is 0 Å². The van der Waals surface area contributed by atoms with E-state index in [0.717, 1.165) is 30.4 Å². The van der Waals surface area contributed by atoms with E-state index >= 15 is 0 Å². The first-order chi connectivity index (χ1) is 8.56. The molecule has 1 N–H and O–H groups in total. The molecule has 0 fully saturated rings. The Morgan fingerprint density at radius 2 is 2.17 bits per heavy atom. The first kappa shape index (κ1) is 13.3. The van der Waals surface area contributed by atoms with Crippen molar-refractivity contribution >= 4 is 22.6 Å². The second-order valence-corrected chi connectivity index (χ2v) is 5.72. The molecule has 98 valence electrons. The predicted octanol–water partition coefficient (Wildman–Crippen LogP) is 3.89. The second-order valence-electron chi connectivity index (χ2n) is 4.63. The lowest BCUT2D eigenvalue weighted by Crippen LogP contribution is -2.24. The minimum atomic E-state index is -0.466. The van der Waals surface area contributed by atoms with Gasteiger partial charge in [-0.3, -0.25) is 4.99 Å². The number of anilines is 1. The van der Waals surface area contributed by atoms with Gasteiger partial charge in [0.05, 0.1) is 11.7 Å². The molecule has 1 heterocycles. The van der Waals surface area contributed by atoms with E-state index < -0.39 is 11.6 Å². The van der Waals surface area contributed by atoms with Gasteiger partial charge in [0.2, 0.25) is 0 Å². The van der Waals surface area contributed by atoms with E-state index in [1.54, 1.807) is 11.8 Å². The van der Waals surface area contributed by atoms with E-state index in [9.17, 15) is 8.78 Å². The Bertz CT molecular complexity index is 460. The van der Waals surface area contributed by atoms with Crippen molar-refractivity contribution in [3.05, 3.63) is 29.8 Å². The van der Waals surface area contributed by atoms with Crippen LogP contribution < -0.4 is 5.32 Å². The van der Waals surface area contributed by atoms with E-state index in [0.29, 0.717) is 11.1 Å². The van der Waals surface area contributed by atoms with Gasteiger partial charge in [-0.1, -0.05) is 25.6 Å². The highest BCUT2D eigenvalue weighted by molar-refractivity contribution is 8.14. The predicted molar refractivity (Wildman–Crippen MR) is 73.1 cm³/mol. The molecule has 5 heteroatoms. The highest BCUT2D eigenvalue weighted by Gasteiger charge is 2.19. The number of benzene rings is 1. The number of hydrogen-bond acceptors (Lipinski definition) is 3. The van der Waals surface area contributed by atoms with E-state index in [2.05, 4.69) is 24.2 Å². The monoisotopic (exact) mass is 270 g/mol. The maximum Gasteiger partial charge on any atom is 0.161 e. The lowest BCUT2D eigenvalue weighted by molar-refractivity contribution is 0.485. The van der Waals surface area contributed by atoms with Crippen LogP contribution in [0.4, 0.5) is 14.5 Å². The number of nitrogens with zero attached hydrogens (tertiary/aromatic N) is 1. The number of thioether (sulfide) groups is 1. The fourth-order valence-electron chi connectivity index (χ4n) is 1.79. The summed E-state index contributed by atoms with van der Waals surface area (Å²) in [6.45, 7) is 4.23. The molecule has 0 bridgehead atoms. The normalized spacial score (nSPS) is 19.8. The average molecular weight is 270 g/mol. The molecule has 1 unspecified atom stereocenters. The molecule has 1 aromatic rings. The number of aliphatic imine (C=N–C) groups is 1. The maximum atomic E-state index is 13.5. The van der Waals surface area contributed by atoms with Gasteiger partial charge in [0.1, 0.15) is 11.6 Å². The fourth-order valence-corrected chi connectivity index (χ4v) is 2.73. The first-order valence-electron chi connectivity index (χ1n) is 5.99. The second kappa shape index (κ2) is 5.69. The van der Waals surface area contributed by atoms with Crippen LogP contribution in [0, 0.1) is 17.6 Å². The summed E-state index contributed by atoms with van der Waals surface area (Å²) in [5.74, 6) is 0.484. The topological polar surface area (TPSA) is 24.4 Å². The minimum absolute atomic E-state index is 0.144. The van der Waals surface area contributed by atoms with Gasteiger partial charge in [-0.25, -0.2) is 8.78 Å². The summed E-state index contributed by atoms with van der Waals surface area (Å²) in [5.41, 5.74) is 0.144. The van der Waals surface area contributed by atoms with Crippen LogP contribution in [0.2, 0.25) is 0 Å². The summed E-state index contributed by atoms with van der Waals surface area (Å²) in [7, 11) is 0. The zero-order chi connectivity index (χ0) is 13.1. The summed E-state index contributed by atoms with van der Waals surface area (Å²) in [6, 6.07) is 3.63. The SMILES string of the molecule is CC(C)C1CCSC(Nc2cc(F)ccc2F)=N1. The molecule has 18 heavy (non-hydrogen) atoms. The third kappa shape index (κ3) is 3.22. The average Bonchev–Trinajstić information content (AvgIpc) is 2.34. The lowest BCUT2D eigenvalue weighted by atomic mass is 10.0. The van der Waals surface area contributed by atoms with Crippen LogP contribution in [0.1, 0.15) is 20.3 Å². The quantitative estimate of drug-likeness (QED) is 0.881. The van der Waals surface area contributed by atoms with Crippen LogP contribution in [0.25, 0.3) is 0 Å². The summed E-state index contributed by atoms with van der Waals surface area (Å²) in [5, 5.41) is 3.54. The number of nitrogens with one attached hydrogen (secondary N) is 1. The van der Waals surface area contributed by atoms with Crippen molar-refractivity contribution in [3.63, 3.8) is 0 Å². The molecular formula is C13H16F2N2S. The molecule has 0 amide bonds. The Morgan fingerprint density at radius 3 is 2.89 bits per heavy atom. The Balaban J connectivity index is 2.15. The van der Waals surface area contributed by atoms with Gasteiger partial charge in [-0.15, -0.1) is 0 Å². The first-order valence-corrected chi connectivity index (χ1v) is 6.97. The van der Waals surface area contributed by atoms with Gasteiger partial charge in [0.15, 0.2) is 5.17 Å². The van der Waals surface area contributed by atoms with Gasteiger partial charge < -0.3 is 5.32 Å². The van der Waals surface area contributed by atoms with Crippen molar-refractivity contribution in [1.29, 1.82) is 0 Å². The maximum absolute atomic E-state index is 13.5. The molecular weight excluding hydrogens is 254 g/mol. The van der Waals surface area contributed by atoms with Crippen molar-refractivity contribution in [2.24, 2.45) is 10.9 Å². The largest absolute Gasteiger partial charge is 0.333 e. The molecule has 1 aliphatic heterocycles. The fraction of sp³-hybridized carbons (Fsp3) is 0.462. The molecule has 0 saturated carbocycles. The lowest BCUT2D eigenvalue weighted by Gasteiger charge is -2.23. The Kier molecular flexibility index (Phi) is 4.22. The van der Waals surface area contributed by atoms with Crippen molar-refractivity contribution in [3.8, 4) is 0 Å². The molecule has 2 rings (SSSR count). The summed E-state index contributed by atoms with van der Waals surface area (Å²) >= 11 is 1.54. The molecule has 2 nitrogen and oxygen atoms in total. The third-order valence-corrected chi connectivity index (χ3v) is 3.80. The standard InChI is InChI=1S/C13H16F2N2S/c1-8(2)11-5-6-18-13(16-11)17-12-7-9(14)3-4-10(12)15/h3-4,7-8,11H,5-6H2,1-2H3,(H,16,17). The van der Waals surface area contributed by atoms with E-state index in [4.69, 9.17) is 0 Å². The molecule has 0 saturated heterocycles. The number of hydrogen-bond donors (Lipinski definition) is 1. The molecule has 1 atom stereocenters. The summed E-state index contributed by atoms with van der Waals surface area (Å²) < 4.78 is 26.5. The van der Waals surface area contributed by atoms with Crippen molar-refractivity contribution in [2.75, 3.05) is 11.1 Å². The van der Waals surface area contributed by atoms with E-state index in [-0.39, 0.29) is 11.7 Å². The number of rotatable bonds is 2. The number of amidine groups is 1. The molecule has 1 aliphatic rings. The zero-order valence-electron chi connectivity index (χ0n) is 10.4. The van der Waals surface area contributed by atoms with Crippen molar-refractivity contribution in [2.45, 2.75) is 26.3 Å². The highest BCUT2D eigenvalue weighted by atomic mass is 32.2. The van der Waals surface area contributed by atoms with E-state index in [1.165, 1.54) is 0 Å². The molecule has 0 aromatic heterocycles. The van der Waals surface area contributed by atoms with Crippen LogP contribution in [0.15, 0.2) is 23.2 Å². The summed E-state index contributed by atoms with van der Waals surface area (Å²) in [6.07, 6.45) is 1.03. The Morgan fingerprint density at radius 1 is 1.39 bits per heavy atom. The Hall–Kier alpha value is -1.10. The summed E-state index contributed by atoms with van der Waals surface area (Å²) in [4.78, 5) is 4.53. The van der Waals surface area contributed by atoms with Gasteiger partial charge in [0, 0.05) is 11.8 Å². The van der Waals surface area contributed by atoms with Gasteiger partial charge in [-0.2, -0.15) is 0 Å². The van der Waals surface area contributed by atoms with Crippen LogP contribution >= 0.6 is 11.8 Å². The van der Waals surface area contributed by atoms with Gasteiger partial charge in [0.25, 0.3) is 0 Å². The van der Waals surface area contributed by atoms with Gasteiger partial charge in [-0.05, 0) is 24.5 Å². The molecule has 0 radical (unpaired) electrons. The number of halogens is 2. The smallest absolute Gasteiger partial charge is 0.161 e. The van der Waals surface area contributed by atoms with Crippen LogP contribution in [-0.4, -0.2) is 17.0 Å². The van der Waals surface area contributed by atoms with Gasteiger partial charge >= 0.3 is 0 Å². The van der Waals surface area contributed by atoms with Crippen molar-refractivity contribution < 1.29 is 8.78 Å². The molecule has 0 spiro atoms. The third-order valence-electron chi connectivity index (χ3n) is 2.88. The molecule has 1 aromatic carbocycles. The zero-order valence-corrected chi connectivity index (χ0v) is 11.2. The van der Waals surface area contributed by atoms with Crippen LogP contribution in [-0.2, 0) is 0 Å². The highest BCUT2D eigenvalue weighted by Crippen LogP contribution is 2.24.